The first-order valence-corrected chi connectivity index (χ1v) is 42.9. The van der Waals surface area contributed by atoms with Crippen LogP contribution in [0.4, 0.5) is 0 Å². The van der Waals surface area contributed by atoms with Gasteiger partial charge in [-0.25, -0.2) is 0 Å². The van der Waals surface area contributed by atoms with Crippen LogP contribution in [0.15, 0.2) is 0 Å². The summed E-state index contributed by atoms with van der Waals surface area (Å²) in [7, 11) is 0. The highest BCUT2D eigenvalue weighted by atomic mass is 16.8. The van der Waals surface area contributed by atoms with Crippen LogP contribution in [0.2, 0.25) is 0 Å². The van der Waals surface area contributed by atoms with E-state index in [2.05, 4.69) is 0 Å². The van der Waals surface area contributed by atoms with E-state index >= 15 is 0 Å². The Labute approximate surface area is 717 Å². The summed E-state index contributed by atoms with van der Waals surface area (Å²) >= 11 is 0. The highest BCUT2D eigenvalue weighted by molar-refractivity contribution is 5.07. The Bertz CT molecular complexity index is 3010. The molecule has 0 spiro atoms. The van der Waals surface area contributed by atoms with Crippen LogP contribution in [0.5, 0.6) is 0 Å². The average molecular weight is 1800 g/mol. The van der Waals surface area contributed by atoms with E-state index in [9.17, 15) is 76.6 Å². The van der Waals surface area contributed by atoms with Gasteiger partial charge in [0, 0.05) is 74.0 Å². The largest absolute Gasteiger partial charge is 0.394 e. The minimum Gasteiger partial charge on any atom is -0.394 e. The molecule has 9 saturated heterocycles. The molecule has 9 heterocycles. The van der Waals surface area contributed by atoms with Gasteiger partial charge in [0.2, 0.25) is 0 Å². The van der Waals surface area contributed by atoms with Gasteiger partial charge in [-0.15, -0.1) is 0 Å². The van der Waals surface area contributed by atoms with Crippen LogP contribution in [0.25, 0.3) is 0 Å². The molecule has 12 aliphatic rings. The van der Waals surface area contributed by atoms with Gasteiger partial charge < -0.3 is 265 Å². The number of hydrogen-bond acceptors (Lipinski definition) is 51. The first kappa shape index (κ1) is 104. The molecule has 12 rings (SSSR count). The molecule has 0 aromatic heterocycles. The van der Waals surface area contributed by atoms with Gasteiger partial charge in [0.25, 0.3) is 0 Å². The lowest BCUT2D eigenvalue weighted by atomic mass is 9.84. The average Bonchev–Trinajstić information content (AvgIpc) is 1.69. The molecular formula is C73H146N18O33. The zero-order chi connectivity index (χ0) is 91.2. The number of aliphatic hydroxyl groups excluding tert-OH is 15. The minimum atomic E-state index is -1.53. The summed E-state index contributed by atoms with van der Waals surface area (Å²) in [4.78, 5) is 0. The fraction of sp³-hybridized carbons (Fsp3) is 1.00. The molecule has 0 unspecified atom stereocenters. The third kappa shape index (κ3) is 23.8. The highest BCUT2D eigenvalue weighted by Crippen LogP contribution is 2.40. The predicted molar refractivity (Wildman–Crippen MR) is 425 cm³/mol. The summed E-state index contributed by atoms with van der Waals surface area (Å²) in [6, 6.07) is -10.2. The predicted octanol–water partition coefficient (Wildman–Crippen LogP) is -19.0. The van der Waals surface area contributed by atoms with Gasteiger partial charge in [-0.1, -0.05) is 6.92 Å². The SMILES string of the molecule is CC[C@H](N)[C@@H]1CC[C@@H](N)[C@@H](O[C@H]2[C@H](O[C@@H]3O[C@H](CO)[C@@H](O[C@H]4O[C@@H](CN)[C@@H](O)[C@H](O)[C@H]4N)[C@H]3O)[C@@H](O)[C@H](N)C[C@@H]2N)O1.C[C@@H](N)[C@@H]1CC[C@@H](N)[C@@H](O[C@H]2[C@H](O[C@@H]3O[C@H](CO)[C@@H](O[C@H]4O[C@@H](CN)[C@@H](O)[C@H](O)[C@H]4N)[C@H]3O)[C@@H](O)[C@H](N)C[C@@H]2N)O1.C[C@H](N)[C@@H]1CC[C@@H](N)[C@@H](O[C@H]2[C@H](O[C@@H]3O[C@H](CO)[C@@H](O[C@H]4O[C@@H](CN)[C@@H](O)[C@H](O)[C@H]4N)[C@H]3O)[C@@H](O)[C@H](N)C[C@@H]2N)O1. The molecule has 51 heteroatoms. The Kier molecular flexibility index (Phi) is 38.8. The van der Waals surface area contributed by atoms with Crippen molar-refractivity contribution in [3.63, 3.8) is 0 Å². The number of rotatable bonds is 28. The van der Waals surface area contributed by atoms with Crippen LogP contribution < -0.4 is 103 Å². The molecule has 0 radical (unpaired) electrons. The van der Waals surface area contributed by atoms with Crippen molar-refractivity contribution in [2.24, 2.45) is 103 Å². The standard InChI is InChI=1S/C25H50N6O11.2C24H48N6O11/c1-2-8(27)12-4-3-9(28)23(37-12)40-20-11(30)5-10(29)16(33)22(20)42-25-19(36)21(14(7-32)39-25)41-24-15(31)18(35)17(34)13(6-26)38-24;2*1-7(26)11-3-2-8(27)22(36-11)39-19-10(29)4-9(28)15(32)21(19)41-24-18(35)20(13(6-31)38-24)40-23-14(30)17(34)16(33)12(5-25)37-23/h8-25,32-36H,2-7,26-31H2,1H3;2*7-24,31-35H,2-6,25-30H2,1H3/t8-,9+,10+,11-,12-,13-,14+,15+,16-,17+,18+,19+,20+,21+,22+,23+,24+,25-;7-,8+,9+,10-,11-,12-,13+,14+,15-,16+,17+,18+,19+,20+,21+,22+,23+,24-;7-,8-,9-,10+,11+,12+,13-,14-,15+,16-,17-,18-,19-,20-,21-,22-,23-,24+/m001/s1. The van der Waals surface area contributed by atoms with E-state index in [1.807, 2.05) is 20.8 Å². The van der Waals surface area contributed by atoms with Gasteiger partial charge in [-0.2, -0.15) is 0 Å². The van der Waals surface area contributed by atoms with Crippen molar-refractivity contribution in [1.82, 2.24) is 0 Å². The fourth-order valence-corrected chi connectivity index (χ4v) is 17.7. The van der Waals surface area contributed by atoms with E-state index in [-0.39, 0.29) is 75.3 Å². The summed E-state index contributed by atoms with van der Waals surface area (Å²) in [5, 5.41) is 158. The van der Waals surface area contributed by atoms with Crippen LogP contribution in [0, 0.1) is 0 Å². The molecule has 0 amide bonds. The summed E-state index contributed by atoms with van der Waals surface area (Å²) in [5.41, 5.74) is 110. The Balaban J connectivity index is 0.000000195. The van der Waals surface area contributed by atoms with E-state index in [0.717, 1.165) is 0 Å². The third-order valence-electron chi connectivity index (χ3n) is 25.6. The maximum absolute atomic E-state index is 11.2. The molecule has 3 saturated carbocycles. The van der Waals surface area contributed by atoms with Gasteiger partial charge in [0.15, 0.2) is 56.6 Å². The van der Waals surface area contributed by atoms with Crippen molar-refractivity contribution >= 4 is 0 Å². The smallest absolute Gasteiger partial charge is 0.187 e. The van der Waals surface area contributed by atoms with Crippen LogP contribution in [-0.4, -0.2) is 446 Å². The molecule has 0 aromatic rings. The van der Waals surface area contributed by atoms with Gasteiger partial charge in [0.1, 0.15) is 146 Å². The Morgan fingerprint density at radius 1 is 0.258 bits per heavy atom. The molecule has 124 heavy (non-hydrogen) atoms. The quantitative estimate of drug-likeness (QED) is 0.0346. The first-order chi connectivity index (χ1) is 58.6. The molecule has 12 fully saturated rings. The lowest BCUT2D eigenvalue weighted by Crippen LogP contribution is -2.65. The topological polar surface area (TPSA) is 938 Å². The summed E-state index contributed by atoms with van der Waals surface area (Å²) in [6.45, 7) is 3.41. The molecule has 51 nitrogen and oxygen atoms in total. The van der Waals surface area contributed by atoms with Crippen molar-refractivity contribution in [3.05, 3.63) is 0 Å². The van der Waals surface area contributed by atoms with E-state index < -0.39 is 314 Å². The van der Waals surface area contributed by atoms with Crippen molar-refractivity contribution < 1.29 is 162 Å². The minimum absolute atomic E-state index is 0.134. The normalized spacial score (nSPS) is 51.6. The highest BCUT2D eigenvalue weighted by Gasteiger charge is 2.59. The molecule has 3 aliphatic carbocycles. The molecule has 51 N–H and O–H groups in total. The second-order valence-electron chi connectivity index (χ2n) is 34.9. The van der Waals surface area contributed by atoms with Crippen molar-refractivity contribution in [2.45, 2.75) is 415 Å². The summed E-state index contributed by atoms with van der Waals surface area (Å²) < 4.78 is 106. The zero-order valence-corrected chi connectivity index (χ0v) is 69.9. The van der Waals surface area contributed by atoms with Gasteiger partial charge in [0.05, 0.1) is 92.7 Å². The Morgan fingerprint density at radius 2 is 0.492 bits per heavy atom. The van der Waals surface area contributed by atoms with Crippen molar-refractivity contribution in [1.29, 1.82) is 0 Å². The van der Waals surface area contributed by atoms with Crippen LogP contribution >= 0.6 is 0 Å². The van der Waals surface area contributed by atoms with Gasteiger partial charge in [-0.05, 0) is 78.1 Å². The molecule has 0 aromatic carbocycles. The fourth-order valence-electron chi connectivity index (χ4n) is 17.7. The zero-order valence-electron chi connectivity index (χ0n) is 69.9. The molecule has 726 valence electrons. The maximum atomic E-state index is 11.2. The molecular weight excluding hydrogens is 1660 g/mol. The van der Waals surface area contributed by atoms with Crippen molar-refractivity contribution in [2.75, 3.05) is 39.5 Å². The van der Waals surface area contributed by atoms with E-state index in [1.165, 1.54) is 0 Å². The van der Waals surface area contributed by atoms with E-state index in [4.69, 9.17) is 188 Å². The number of ether oxygens (including phenoxy) is 18. The second-order valence-corrected chi connectivity index (χ2v) is 34.9. The van der Waals surface area contributed by atoms with E-state index in [0.29, 0.717) is 44.9 Å². The summed E-state index contributed by atoms with van der Waals surface area (Å²) in [5.74, 6) is 0. The lowest BCUT2D eigenvalue weighted by Gasteiger charge is -2.46. The van der Waals surface area contributed by atoms with Gasteiger partial charge >= 0.3 is 0 Å². The second kappa shape index (κ2) is 46.3. The molecule has 0 bridgehead atoms. The number of nitrogens with two attached hydrogens (primary N) is 18. The van der Waals surface area contributed by atoms with Crippen molar-refractivity contribution in [3.8, 4) is 0 Å². The Morgan fingerprint density at radius 3 is 0.734 bits per heavy atom. The van der Waals surface area contributed by atoms with Crippen LogP contribution in [-0.2, 0) is 85.3 Å². The molecule has 9 aliphatic heterocycles. The van der Waals surface area contributed by atoms with Gasteiger partial charge in [-0.3, -0.25) is 0 Å². The number of aliphatic hydroxyl groups is 15. The maximum Gasteiger partial charge on any atom is 0.187 e. The Hall–Kier alpha value is -2.04. The monoisotopic (exact) mass is 1800 g/mol. The van der Waals surface area contributed by atoms with Crippen LogP contribution in [0.1, 0.15) is 85.0 Å². The third-order valence-corrected chi connectivity index (χ3v) is 25.6. The molecule has 54 atom stereocenters. The van der Waals surface area contributed by atoms with E-state index in [1.54, 1.807) is 0 Å². The first-order valence-electron chi connectivity index (χ1n) is 42.9. The van der Waals surface area contributed by atoms with Crippen LogP contribution in [0.3, 0.4) is 0 Å². The lowest BCUT2D eigenvalue weighted by molar-refractivity contribution is -0.290. The summed E-state index contributed by atoms with van der Waals surface area (Å²) in [6.07, 6.45) is -39.8. The number of hydrogen-bond donors (Lipinski definition) is 33.